The van der Waals surface area contributed by atoms with Crippen LogP contribution in [0.1, 0.15) is 54.2 Å². The van der Waals surface area contributed by atoms with E-state index < -0.39 is 5.97 Å². The van der Waals surface area contributed by atoms with Crippen molar-refractivity contribution in [2.45, 2.75) is 32.4 Å². The molecule has 0 aliphatic carbocycles. The number of thiocarbonyl (C=S) groups is 1. The van der Waals surface area contributed by atoms with Gasteiger partial charge in [0.25, 0.3) is 0 Å². The first-order chi connectivity index (χ1) is 20.3. The molecule has 4 atom stereocenters. The number of pyridine rings is 1. The van der Waals surface area contributed by atoms with E-state index in [-0.39, 0.29) is 12.1 Å². The zero-order valence-corrected chi connectivity index (χ0v) is 25.4. The topological polar surface area (TPSA) is 70.8 Å². The predicted octanol–water partition coefficient (Wildman–Crippen LogP) is 7.44. The van der Waals surface area contributed by atoms with E-state index in [1.54, 1.807) is 18.3 Å². The van der Waals surface area contributed by atoms with E-state index in [4.69, 9.17) is 33.0 Å². The van der Waals surface area contributed by atoms with Crippen molar-refractivity contribution in [1.29, 1.82) is 0 Å². The summed E-state index contributed by atoms with van der Waals surface area (Å²) in [4.78, 5) is 21.5. The average molecular weight is 601 g/mol. The van der Waals surface area contributed by atoms with Crippen LogP contribution in [0.3, 0.4) is 0 Å². The second-order valence-electron chi connectivity index (χ2n) is 11.2. The highest BCUT2D eigenvalue weighted by Crippen LogP contribution is 2.45. The number of hydrogen-bond donors (Lipinski definition) is 1. The van der Waals surface area contributed by atoms with Crippen LogP contribution in [-0.2, 0) is 4.74 Å². The van der Waals surface area contributed by atoms with Gasteiger partial charge in [-0.25, -0.2) is 4.79 Å². The Balaban J connectivity index is 1.40. The zero-order valence-electron chi connectivity index (χ0n) is 23.8. The number of carbonyl (C=O) groups excluding carboxylic acids is 1. The standard InChI is InChI=1S/C33H33ClN4O3S/c1-20-16-21(2)19-37(18-20)27-12-11-22(17-25(27)34)38-31(30(36-33(38)42)26-10-6-7-15-35-26)29-14-13-28(41-29)23-8-4-5-9-24(23)32(39)40-3/h4-15,17,20-21,30-31H,16,18-19H2,1-3H3,(H,36,42)/t20-,21+,30-,31-/m0/s1. The molecule has 2 saturated heterocycles. The molecule has 216 valence electrons. The number of rotatable bonds is 6. The predicted molar refractivity (Wildman–Crippen MR) is 170 cm³/mol. The lowest BCUT2D eigenvalue weighted by Crippen LogP contribution is -2.38. The van der Waals surface area contributed by atoms with Crippen molar-refractivity contribution in [2.75, 3.05) is 30.0 Å². The van der Waals surface area contributed by atoms with Gasteiger partial charge in [-0.15, -0.1) is 0 Å². The van der Waals surface area contributed by atoms with E-state index in [0.29, 0.717) is 44.6 Å². The summed E-state index contributed by atoms with van der Waals surface area (Å²) in [5.74, 6) is 2.03. The molecule has 4 aromatic rings. The number of carbonyl (C=O) groups is 1. The fourth-order valence-electron chi connectivity index (χ4n) is 6.33. The van der Waals surface area contributed by atoms with Crippen molar-refractivity contribution in [3.05, 3.63) is 101 Å². The Morgan fingerprint density at radius 3 is 2.52 bits per heavy atom. The lowest BCUT2D eigenvalue weighted by atomic mass is 9.91. The molecule has 42 heavy (non-hydrogen) atoms. The molecule has 2 aromatic heterocycles. The third-order valence-corrected chi connectivity index (χ3v) is 8.65. The molecule has 1 N–H and O–H groups in total. The van der Waals surface area contributed by atoms with E-state index in [1.165, 1.54) is 13.5 Å². The van der Waals surface area contributed by atoms with Crippen molar-refractivity contribution in [3.63, 3.8) is 0 Å². The van der Waals surface area contributed by atoms with Gasteiger partial charge in [-0.3, -0.25) is 4.98 Å². The van der Waals surface area contributed by atoms with Crippen LogP contribution in [0.15, 0.2) is 83.4 Å². The number of methoxy groups -OCH3 is 1. The third kappa shape index (κ3) is 5.37. The molecule has 2 aliphatic rings. The summed E-state index contributed by atoms with van der Waals surface area (Å²) in [7, 11) is 1.37. The molecule has 0 radical (unpaired) electrons. The molecule has 0 amide bonds. The molecular weight excluding hydrogens is 568 g/mol. The van der Waals surface area contributed by atoms with Crippen LogP contribution in [0.25, 0.3) is 11.3 Å². The minimum atomic E-state index is -0.424. The third-order valence-electron chi connectivity index (χ3n) is 8.03. The smallest absolute Gasteiger partial charge is 0.338 e. The number of piperidine rings is 1. The summed E-state index contributed by atoms with van der Waals surface area (Å²) in [6, 6.07) is 22.4. The molecule has 4 heterocycles. The number of ether oxygens (including phenoxy) is 1. The number of halogens is 1. The summed E-state index contributed by atoms with van der Waals surface area (Å²) >= 11 is 12.9. The first-order valence-corrected chi connectivity index (χ1v) is 14.9. The van der Waals surface area contributed by atoms with Gasteiger partial charge in [0.2, 0.25) is 0 Å². The molecular formula is C33H33ClN4O3S. The summed E-state index contributed by atoms with van der Waals surface area (Å²) in [6.07, 6.45) is 3.00. The first kappa shape index (κ1) is 28.2. The molecule has 9 heteroatoms. The molecule has 2 aliphatic heterocycles. The Morgan fingerprint density at radius 2 is 1.81 bits per heavy atom. The fourth-order valence-corrected chi connectivity index (χ4v) is 6.97. The summed E-state index contributed by atoms with van der Waals surface area (Å²) in [5, 5.41) is 4.70. The summed E-state index contributed by atoms with van der Waals surface area (Å²) < 4.78 is 11.5. The molecule has 0 unspecified atom stereocenters. The van der Waals surface area contributed by atoms with Crippen LogP contribution in [0.5, 0.6) is 0 Å². The van der Waals surface area contributed by atoms with Gasteiger partial charge >= 0.3 is 5.97 Å². The minimum Gasteiger partial charge on any atom is -0.465 e. The maximum Gasteiger partial charge on any atom is 0.338 e. The Bertz CT molecular complexity index is 1600. The van der Waals surface area contributed by atoms with E-state index in [9.17, 15) is 4.79 Å². The number of nitrogens with one attached hydrogen (secondary N) is 1. The molecule has 6 rings (SSSR count). The Kier molecular flexibility index (Phi) is 7.92. The van der Waals surface area contributed by atoms with Crippen LogP contribution < -0.4 is 15.1 Å². The highest BCUT2D eigenvalue weighted by Gasteiger charge is 2.43. The Morgan fingerprint density at radius 1 is 1.05 bits per heavy atom. The number of hydrogen-bond acceptors (Lipinski definition) is 6. The van der Waals surface area contributed by atoms with Crippen molar-refractivity contribution in [1.82, 2.24) is 10.3 Å². The van der Waals surface area contributed by atoms with E-state index in [0.717, 1.165) is 30.2 Å². The van der Waals surface area contributed by atoms with Crippen LogP contribution in [0.2, 0.25) is 5.02 Å². The minimum absolute atomic E-state index is 0.282. The van der Waals surface area contributed by atoms with Crippen LogP contribution in [-0.4, -0.2) is 36.3 Å². The number of esters is 1. The number of furan rings is 1. The van der Waals surface area contributed by atoms with E-state index in [1.807, 2.05) is 53.4 Å². The van der Waals surface area contributed by atoms with Gasteiger partial charge in [-0.05, 0) is 79.0 Å². The van der Waals surface area contributed by atoms with Gasteiger partial charge < -0.3 is 24.3 Å². The van der Waals surface area contributed by atoms with Gasteiger partial charge in [0.15, 0.2) is 5.11 Å². The lowest BCUT2D eigenvalue weighted by molar-refractivity contribution is 0.0601. The van der Waals surface area contributed by atoms with Crippen LogP contribution in [0, 0.1) is 11.8 Å². The van der Waals surface area contributed by atoms with Crippen molar-refractivity contribution < 1.29 is 13.9 Å². The zero-order chi connectivity index (χ0) is 29.4. The first-order valence-electron chi connectivity index (χ1n) is 14.2. The van der Waals surface area contributed by atoms with E-state index >= 15 is 0 Å². The highest BCUT2D eigenvalue weighted by molar-refractivity contribution is 7.80. The fraction of sp³-hybridized carbons (Fsp3) is 0.303. The SMILES string of the molecule is COC(=O)c1ccccc1-c1ccc([C@H]2[C@H](c3ccccn3)NC(=S)N2c2ccc(N3C[C@H](C)C[C@H](C)C3)c(Cl)c2)o1. The van der Waals surface area contributed by atoms with Crippen molar-refractivity contribution in [3.8, 4) is 11.3 Å². The van der Waals surface area contributed by atoms with Gasteiger partial charge in [0, 0.05) is 30.5 Å². The van der Waals surface area contributed by atoms with Gasteiger partial charge in [-0.2, -0.15) is 0 Å². The van der Waals surface area contributed by atoms with E-state index in [2.05, 4.69) is 41.2 Å². The lowest BCUT2D eigenvalue weighted by Gasteiger charge is -2.37. The van der Waals surface area contributed by atoms with Crippen LogP contribution >= 0.6 is 23.8 Å². The van der Waals surface area contributed by atoms with Gasteiger partial charge in [0.05, 0.1) is 35.1 Å². The molecule has 0 spiro atoms. The molecule has 7 nitrogen and oxygen atoms in total. The molecule has 0 saturated carbocycles. The monoisotopic (exact) mass is 600 g/mol. The second-order valence-corrected chi connectivity index (χ2v) is 12.0. The maximum atomic E-state index is 12.5. The quantitative estimate of drug-likeness (QED) is 0.181. The van der Waals surface area contributed by atoms with Crippen LogP contribution in [0.4, 0.5) is 11.4 Å². The second kappa shape index (κ2) is 11.8. The molecule has 2 aromatic carbocycles. The number of nitrogens with zero attached hydrogens (tertiary/aromatic N) is 3. The summed E-state index contributed by atoms with van der Waals surface area (Å²) in [5.41, 5.74) is 3.81. The number of aromatic nitrogens is 1. The molecule has 2 fully saturated rings. The molecule has 0 bridgehead atoms. The highest BCUT2D eigenvalue weighted by atomic mass is 35.5. The Labute approximate surface area is 256 Å². The summed E-state index contributed by atoms with van der Waals surface area (Å²) in [6.45, 7) is 6.56. The maximum absolute atomic E-state index is 12.5. The average Bonchev–Trinajstić information content (AvgIpc) is 3.61. The van der Waals surface area contributed by atoms with Crippen molar-refractivity contribution >= 4 is 46.3 Å². The van der Waals surface area contributed by atoms with Crippen molar-refractivity contribution in [2.24, 2.45) is 11.8 Å². The normalized spacial score (nSPS) is 22.2. The largest absolute Gasteiger partial charge is 0.465 e. The van der Waals surface area contributed by atoms with Gasteiger partial charge in [0.1, 0.15) is 17.6 Å². The number of anilines is 2. The number of benzene rings is 2. The Hall–Kier alpha value is -3.88. The van der Waals surface area contributed by atoms with Gasteiger partial charge in [-0.1, -0.05) is 49.7 Å².